The second-order valence-electron chi connectivity index (χ2n) is 9.23. The van der Waals surface area contributed by atoms with Gasteiger partial charge in [0.15, 0.2) is 11.6 Å². The summed E-state index contributed by atoms with van der Waals surface area (Å²) in [6, 6.07) is 2.35. The molecule has 2 unspecified atom stereocenters. The number of fused-ring (bicyclic) bond motifs is 1. The Morgan fingerprint density at radius 3 is 2.64 bits per heavy atom. The van der Waals surface area contributed by atoms with Crippen molar-refractivity contribution in [2.45, 2.75) is 38.0 Å². The van der Waals surface area contributed by atoms with Gasteiger partial charge in [-0.3, -0.25) is 24.4 Å². The number of amides is 4. The van der Waals surface area contributed by atoms with Gasteiger partial charge in [0.25, 0.3) is 5.91 Å². The van der Waals surface area contributed by atoms with Crippen LogP contribution in [0.15, 0.2) is 23.2 Å². The summed E-state index contributed by atoms with van der Waals surface area (Å²) in [6.45, 7) is 3.92. The average Bonchev–Trinajstić information content (AvgIpc) is 3.15. The largest absolute Gasteiger partial charge is 0.381 e. The standard InChI is InChI=1S/C24H32FN5O6/c1-24(34)20(27-19-6-12-35-10-3-11-36-13-9-30(19)22(24)32)21(31)26-15-16-4-5-17(25)14-18(16)29-8-7-28(2)23(29)33/h4-5,14,20,34H,3,6-13,15H2,1-2H3,(H,26,31). The number of nitrogens with zero attached hydrogens (tertiary/aromatic N) is 4. The number of halogens is 1. The Bertz CT molecular complexity index is 1050. The normalized spacial score (nSPS) is 25.8. The van der Waals surface area contributed by atoms with E-state index in [2.05, 4.69) is 10.3 Å². The first-order valence-corrected chi connectivity index (χ1v) is 12.1. The van der Waals surface area contributed by atoms with E-state index in [1.54, 1.807) is 7.05 Å². The summed E-state index contributed by atoms with van der Waals surface area (Å²) in [5, 5.41) is 13.7. The fourth-order valence-electron chi connectivity index (χ4n) is 4.47. The molecule has 2 fully saturated rings. The first-order chi connectivity index (χ1) is 17.2. The molecule has 196 valence electrons. The predicted octanol–water partition coefficient (Wildman–Crippen LogP) is 0.501. The monoisotopic (exact) mass is 505 g/mol. The van der Waals surface area contributed by atoms with Gasteiger partial charge in [0.1, 0.15) is 11.7 Å². The van der Waals surface area contributed by atoms with E-state index in [4.69, 9.17) is 9.47 Å². The highest BCUT2D eigenvalue weighted by molar-refractivity contribution is 6.08. The fraction of sp³-hybridized carbons (Fsp3) is 0.583. The third kappa shape index (κ3) is 5.35. The van der Waals surface area contributed by atoms with E-state index >= 15 is 0 Å². The van der Waals surface area contributed by atoms with Crippen molar-refractivity contribution >= 4 is 29.4 Å². The summed E-state index contributed by atoms with van der Waals surface area (Å²) in [6.07, 6.45) is 1.03. The third-order valence-electron chi connectivity index (χ3n) is 6.56. The summed E-state index contributed by atoms with van der Waals surface area (Å²) < 4.78 is 25.1. The van der Waals surface area contributed by atoms with Crippen molar-refractivity contribution in [2.24, 2.45) is 4.99 Å². The minimum atomic E-state index is -2.08. The van der Waals surface area contributed by atoms with E-state index in [9.17, 15) is 23.9 Å². The van der Waals surface area contributed by atoms with Crippen molar-refractivity contribution in [1.29, 1.82) is 0 Å². The molecule has 36 heavy (non-hydrogen) atoms. The van der Waals surface area contributed by atoms with Gasteiger partial charge in [-0.15, -0.1) is 0 Å². The summed E-state index contributed by atoms with van der Waals surface area (Å²) >= 11 is 0. The van der Waals surface area contributed by atoms with E-state index in [1.165, 1.54) is 39.8 Å². The molecule has 0 spiro atoms. The van der Waals surface area contributed by atoms with Gasteiger partial charge in [0, 0.05) is 46.3 Å². The van der Waals surface area contributed by atoms with E-state index in [0.29, 0.717) is 56.4 Å². The first-order valence-electron chi connectivity index (χ1n) is 12.1. The van der Waals surface area contributed by atoms with Crippen LogP contribution in [0.5, 0.6) is 0 Å². The summed E-state index contributed by atoms with van der Waals surface area (Å²) in [5.41, 5.74) is -1.20. The number of carbonyl (C=O) groups excluding carboxylic acids is 3. The SMILES string of the molecule is CN1CCN(c2cc(F)ccc2CNC(=O)C2N=C3CCOCCCOCCN3C(=O)C2(C)O)C1=O. The molecule has 4 rings (SSSR count). The maximum atomic E-state index is 14.0. The van der Waals surface area contributed by atoms with Gasteiger partial charge in [-0.05, 0) is 31.0 Å². The molecule has 3 aliphatic heterocycles. The van der Waals surface area contributed by atoms with Gasteiger partial charge in [0.2, 0.25) is 5.91 Å². The highest BCUT2D eigenvalue weighted by Gasteiger charge is 2.50. The lowest BCUT2D eigenvalue weighted by Gasteiger charge is -2.39. The number of likely N-dealkylation sites (N-methyl/N-ethyl adjacent to an activating group) is 1. The Balaban J connectivity index is 1.53. The number of aliphatic imine (C=N–C) groups is 1. The number of carbonyl (C=O) groups is 3. The van der Waals surface area contributed by atoms with Crippen LogP contribution in [0.1, 0.15) is 25.3 Å². The smallest absolute Gasteiger partial charge is 0.324 e. The molecular weight excluding hydrogens is 473 g/mol. The summed E-state index contributed by atoms with van der Waals surface area (Å²) in [7, 11) is 1.66. The molecule has 2 saturated heterocycles. The topological polar surface area (TPSA) is 124 Å². The van der Waals surface area contributed by atoms with Gasteiger partial charge >= 0.3 is 6.03 Å². The zero-order valence-corrected chi connectivity index (χ0v) is 20.5. The number of benzene rings is 1. The highest BCUT2D eigenvalue weighted by Crippen LogP contribution is 2.27. The molecule has 2 N–H and O–H groups in total. The van der Waals surface area contributed by atoms with E-state index in [0.717, 1.165) is 6.42 Å². The van der Waals surface area contributed by atoms with Gasteiger partial charge in [0.05, 0.1) is 25.4 Å². The van der Waals surface area contributed by atoms with Crippen molar-refractivity contribution in [1.82, 2.24) is 15.1 Å². The zero-order chi connectivity index (χ0) is 25.9. The second-order valence-corrected chi connectivity index (χ2v) is 9.23. The van der Waals surface area contributed by atoms with E-state index in [1.807, 2.05) is 0 Å². The molecule has 11 nitrogen and oxygen atoms in total. The Morgan fingerprint density at radius 2 is 1.92 bits per heavy atom. The van der Waals surface area contributed by atoms with Crippen molar-refractivity contribution in [3.05, 3.63) is 29.6 Å². The number of nitrogens with one attached hydrogen (secondary N) is 1. The van der Waals surface area contributed by atoms with Crippen LogP contribution in [-0.4, -0.2) is 103 Å². The van der Waals surface area contributed by atoms with Crippen molar-refractivity contribution in [3.63, 3.8) is 0 Å². The van der Waals surface area contributed by atoms with Crippen molar-refractivity contribution in [3.8, 4) is 0 Å². The van der Waals surface area contributed by atoms with Crippen molar-refractivity contribution < 1.29 is 33.4 Å². The van der Waals surface area contributed by atoms with Crippen LogP contribution in [-0.2, 0) is 25.6 Å². The number of rotatable bonds is 4. The molecule has 0 saturated carbocycles. The highest BCUT2D eigenvalue weighted by atomic mass is 19.1. The Morgan fingerprint density at radius 1 is 1.17 bits per heavy atom. The molecule has 4 amide bonds. The van der Waals surface area contributed by atoms with Gasteiger partial charge in [-0.1, -0.05) is 6.07 Å². The molecule has 2 atom stereocenters. The van der Waals surface area contributed by atoms with Crippen LogP contribution in [0.2, 0.25) is 0 Å². The Labute approximate surface area is 208 Å². The lowest BCUT2D eigenvalue weighted by molar-refractivity contribution is -0.154. The zero-order valence-electron chi connectivity index (χ0n) is 20.5. The van der Waals surface area contributed by atoms with Crippen LogP contribution in [0, 0.1) is 5.82 Å². The Kier molecular flexibility index (Phi) is 7.86. The lowest BCUT2D eigenvalue weighted by Crippen LogP contribution is -2.63. The summed E-state index contributed by atoms with van der Waals surface area (Å²) in [5.74, 6) is -1.45. The maximum absolute atomic E-state index is 14.0. The number of ether oxygens (including phenoxy) is 2. The lowest BCUT2D eigenvalue weighted by atomic mass is 9.91. The van der Waals surface area contributed by atoms with Gasteiger partial charge < -0.3 is 24.8 Å². The average molecular weight is 506 g/mol. The summed E-state index contributed by atoms with van der Waals surface area (Å²) in [4.78, 5) is 47.6. The van der Waals surface area contributed by atoms with Gasteiger partial charge in [-0.25, -0.2) is 9.18 Å². The molecule has 0 radical (unpaired) electrons. The second kappa shape index (κ2) is 10.9. The minimum Gasteiger partial charge on any atom is -0.381 e. The molecule has 1 aromatic rings. The van der Waals surface area contributed by atoms with Crippen LogP contribution in [0.3, 0.4) is 0 Å². The molecule has 3 aliphatic rings. The minimum absolute atomic E-state index is 0.0474. The fourth-order valence-corrected chi connectivity index (χ4v) is 4.47. The molecule has 0 aromatic heterocycles. The van der Waals surface area contributed by atoms with Crippen molar-refractivity contribution in [2.75, 3.05) is 58.0 Å². The number of hydrogen-bond donors (Lipinski definition) is 2. The van der Waals surface area contributed by atoms with Crippen LogP contribution < -0.4 is 10.2 Å². The van der Waals surface area contributed by atoms with Crippen LogP contribution in [0.4, 0.5) is 14.9 Å². The van der Waals surface area contributed by atoms with Crippen LogP contribution >= 0.6 is 0 Å². The van der Waals surface area contributed by atoms with E-state index in [-0.39, 0.29) is 25.7 Å². The van der Waals surface area contributed by atoms with Crippen LogP contribution in [0.25, 0.3) is 0 Å². The number of hydrogen-bond acceptors (Lipinski definition) is 7. The van der Waals surface area contributed by atoms with E-state index < -0.39 is 29.3 Å². The van der Waals surface area contributed by atoms with Gasteiger partial charge in [-0.2, -0.15) is 0 Å². The molecule has 3 heterocycles. The predicted molar refractivity (Wildman–Crippen MR) is 128 cm³/mol. The molecule has 1 aromatic carbocycles. The maximum Gasteiger partial charge on any atom is 0.324 e. The third-order valence-corrected chi connectivity index (χ3v) is 6.56. The first kappa shape index (κ1) is 26.0. The molecule has 12 heteroatoms. The molecule has 0 aliphatic carbocycles. The number of anilines is 1. The quantitative estimate of drug-likeness (QED) is 0.614. The number of urea groups is 1. The number of amidine groups is 1. The Hall–Kier alpha value is -3.09. The molecular formula is C24H32FN5O6. The molecule has 0 bridgehead atoms. The number of aliphatic hydroxyl groups is 1.